The third-order valence-electron chi connectivity index (χ3n) is 2.26. The Hall–Kier alpha value is -1.56. The van der Waals surface area contributed by atoms with Gasteiger partial charge in [-0.15, -0.1) is 0 Å². The molecule has 0 saturated heterocycles. The highest BCUT2D eigenvalue weighted by atomic mass is 32.2. The highest BCUT2D eigenvalue weighted by molar-refractivity contribution is 7.88. The lowest BCUT2D eigenvalue weighted by Gasteiger charge is -2.24. The Bertz CT molecular complexity index is 532. The van der Waals surface area contributed by atoms with Gasteiger partial charge in [-0.1, -0.05) is 30.3 Å². The summed E-state index contributed by atoms with van der Waals surface area (Å²) in [6, 6.07) is 8.69. The van der Waals surface area contributed by atoms with Gasteiger partial charge < -0.3 is 4.74 Å². The van der Waals surface area contributed by atoms with E-state index in [0.717, 1.165) is 0 Å². The average Bonchev–Trinajstić information content (AvgIpc) is 2.26. The summed E-state index contributed by atoms with van der Waals surface area (Å²) in [5.74, 6) is -0.233. The molecule has 0 fully saturated rings. The first-order chi connectivity index (χ1) is 8.62. The molecule has 0 bridgehead atoms. The van der Waals surface area contributed by atoms with Crippen LogP contribution in [-0.4, -0.2) is 31.5 Å². The van der Waals surface area contributed by atoms with E-state index in [1.54, 1.807) is 51.1 Å². The van der Waals surface area contributed by atoms with Gasteiger partial charge in [0.05, 0.1) is 5.75 Å². The lowest BCUT2D eigenvalue weighted by atomic mass is 10.2. The largest absolute Gasteiger partial charge is 0.443 e. The van der Waals surface area contributed by atoms with E-state index in [4.69, 9.17) is 4.74 Å². The van der Waals surface area contributed by atoms with Gasteiger partial charge in [0.2, 0.25) is 10.0 Å². The molecule has 0 atom stereocenters. The van der Waals surface area contributed by atoms with E-state index in [2.05, 4.69) is 0 Å². The molecule has 0 N–H and O–H groups in total. The van der Waals surface area contributed by atoms with Crippen LogP contribution in [-0.2, 0) is 20.5 Å². The van der Waals surface area contributed by atoms with Crippen molar-refractivity contribution < 1.29 is 17.9 Å². The van der Waals surface area contributed by atoms with Crippen molar-refractivity contribution in [2.45, 2.75) is 32.1 Å². The van der Waals surface area contributed by atoms with Crippen LogP contribution >= 0.6 is 0 Å². The molecule has 0 spiro atoms. The SMILES string of the molecule is CN(C(=O)OC(C)(C)C)S(=O)(=O)Cc1ccccc1. The number of carbonyl (C=O) groups is 1. The molecule has 6 heteroatoms. The quantitative estimate of drug-likeness (QED) is 0.855. The molecule has 1 aromatic carbocycles. The van der Waals surface area contributed by atoms with Gasteiger partial charge >= 0.3 is 6.09 Å². The zero-order valence-electron chi connectivity index (χ0n) is 11.6. The van der Waals surface area contributed by atoms with E-state index in [1.807, 2.05) is 0 Å². The standard InChI is InChI=1S/C13H19NO4S/c1-13(2,3)18-12(15)14(4)19(16,17)10-11-8-6-5-7-9-11/h5-9H,10H2,1-4H3. The topological polar surface area (TPSA) is 63.7 Å². The second-order valence-corrected chi connectivity index (χ2v) is 7.19. The molecular formula is C13H19NO4S. The maximum absolute atomic E-state index is 12.1. The second-order valence-electron chi connectivity index (χ2n) is 5.19. The first-order valence-corrected chi connectivity index (χ1v) is 7.46. The summed E-state index contributed by atoms with van der Waals surface area (Å²) in [4.78, 5) is 11.7. The zero-order chi connectivity index (χ0) is 14.7. The number of hydrogen-bond acceptors (Lipinski definition) is 4. The van der Waals surface area contributed by atoms with Crippen molar-refractivity contribution in [3.8, 4) is 0 Å². The van der Waals surface area contributed by atoms with Crippen LogP contribution in [0.2, 0.25) is 0 Å². The van der Waals surface area contributed by atoms with Crippen molar-refractivity contribution in [1.29, 1.82) is 0 Å². The molecule has 0 unspecified atom stereocenters. The fourth-order valence-electron chi connectivity index (χ4n) is 1.32. The van der Waals surface area contributed by atoms with E-state index in [0.29, 0.717) is 9.87 Å². The molecule has 0 aromatic heterocycles. The summed E-state index contributed by atoms with van der Waals surface area (Å²) >= 11 is 0. The van der Waals surface area contributed by atoms with E-state index >= 15 is 0 Å². The Morgan fingerprint density at radius 3 is 2.21 bits per heavy atom. The van der Waals surface area contributed by atoms with E-state index in [1.165, 1.54) is 7.05 Å². The third kappa shape index (κ3) is 4.90. The van der Waals surface area contributed by atoms with Crippen LogP contribution < -0.4 is 0 Å². The lowest BCUT2D eigenvalue weighted by Crippen LogP contribution is -2.38. The Balaban J connectivity index is 2.80. The predicted octanol–water partition coefficient (Wildman–Crippen LogP) is 2.38. The number of hydrogen-bond donors (Lipinski definition) is 0. The summed E-state index contributed by atoms with van der Waals surface area (Å²) in [6.07, 6.45) is -0.872. The first kappa shape index (κ1) is 15.5. The van der Waals surface area contributed by atoms with Crippen LogP contribution in [0.1, 0.15) is 26.3 Å². The number of ether oxygens (including phenoxy) is 1. The minimum absolute atomic E-state index is 0.233. The van der Waals surface area contributed by atoms with Crippen LogP contribution in [0, 0.1) is 0 Å². The number of carbonyl (C=O) groups excluding carboxylic acids is 1. The van der Waals surface area contributed by atoms with Gasteiger partial charge in [0.25, 0.3) is 0 Å². The molecule has 0 aliphatic rings. The fraction of sp³-hybridized carbons (Fsp3) is 0.462. The average molecular weight is 285 g/mol. The van der Waals surface area contributed by atoms with Gasteiger partial charge in [-0.2, -0.15) is 0 Å². The molecule has 0 aliphatic heterocycles. The van der Waals surface area contributed by atoms with Crippen molar-refractivity contribution in [1.82, 2.24) is 4.31 Å². The second kappa shape index (κ2) is 5.61. The lowest BCUT2D eigenvalue weighted by molar-refractivity contribution is 0.0420. The summed E-state index contributed by atoms with van der Waals surface area (Å²) < 4.78 is 29.8. The minimum Gasteiger partial charge on any atom is -0.443 e. The fourth-order valence-corrected chi connectivity index (χ4v) is 2.39. The van der Waals surface area contributed by atoms with Gasteiger partial charge in [-0.05, 0) is 26.3 Å². The van der Waals surface area contributed by atoms with Gasteiger partial charge in [0, 0.05) is 7.05 Å². The maximum Gasteiger partial charge on any atom is 0.423 e. The third-order valence-corrected chi connectivity index (χ3v) is 3.94. The molecule has 1 amide bonds. The Morgan fingerprint density at radius 1 is 1.21 bits per heavy atom. The first-order valence-electron chi connectivity index (χ1n) is 5.85. The van der Waals surface area contributed by atoms with Crippen molar-refractivity contribution in [3.63, 3.8) is 0 Å². The van der Waals surface area contributed by atoms with Crippen molar-refractivity contribution in [2.24, 2.45) is 0 Å². The minimum atomic E-state index is -3.73. The summed E-state index contributed by atoms with van der Waals surface area (Å²) in [6.45, 7) is 5.05. The number of nitrogens with zero attached hydrogens (tertiary/aromatic N) is 1. The molecule has 5 nitrogen and oxygen atoms in total. The number of benzene rings is 1. The van der Waals surface area contributed by atoms with E-state index in [9.17, 15) is 13.2 Å². The van der Waals surface area contributed by atoms with E-state index < -0.39 is 21.7 Å². The molecule has 0 saturated carbocycles. The summed E-state index contributed by atoms with van der Waals surface area (Å²) in [5, 5.41) is 0. The van der Waals surface area contributed by atoms with Crippen molar-refractivity contribution in [2.75, 3.05) is 7.05 Å². The monoisotopic (exact) mass is 285 g/mol. The van der Waals surface area contributed by atoms with Gasteiger partial charge in [-0.25, -0.2) is 17.5 Å². The molecule has 1 aromatic rings. The smallest absolute Gasteiger partial charge is 0.423 e. The number of rotatable bonds is 3. The zero-order valence-corrected chi connectivity index (χ0v) is 12.4. The summed E-state index contributed by atoms with van der Waals surface area (Å²) in [7, 11) is -2.53. The van der Waals surface area contributed by atoms with Crippen LogP contribution in [0.15, 0.2) is 30.3 Å². The molecular weight excluding hydrogens is 266 g/mol. The molecule has 1 rings (SSSR count). The number of amides is 1. The highest BCUT2D eigenvalue weighted by Crippen LogP contribution is 2.14. The van der Waals surface area contributed by atoms with Gasteiger partial charge in [0.15, 0.2) is 0 Å². The van der Waals surface area contributed by atoms with Crippen LogP contribution in [0.25, 0.3) is 0 Å². The van der Waals surface area contributed by atoms with Crippen LogP contribution in [0.3, 0.4) is 0 Å². The normalized spacial score (nSPS) is 12.0. The van der Waals surface area contributed by atoms with Crippen LogP contribution in [0.5, 0.6) is 0 Å². The Morgan fingerprint density at radius 2 is 1.74 bits per heavy atom. The predicted molar refractivity (Wildman–Crippen MR) is 73.1 cm³/mol. The Kier molecular flexibility index (Phi) is 4.57. The van der Waals surface area contributed by atoms with E-state index in [-0.39, 0.29) is 5.75 Å². The van der Waals surface area contributed by atoms with Gasteiger partial charge in [-0.3, -0.25) is 0 Å². The molecule has 0 aliphatic carbocycles. The molecule has 106 valence electrons. The number of sulfonamides is 1. The van der Waals surface area contributed by atoms with Crippen molar-refractivity contribution in [3.05, 3.63) is 35.9 Å². The summed E-state index contributed by atoms with van der Waals surface area (Å²) in [5.41, 5.74) is -0.105. The maximum atomic E-state index is 12.1. The van der Waals surface area contributed by atoms with Crippen LogP contribution in [0.4, 0.5) is 4.79 Å². The molecule has 0 heterocycles. The molecule has 0 radical (unpaired) electrons. The van der Waals surface area contributed by atoms with Gasteiger partial charge in [0.1, 0.15) is 5.60 Å². The Labute approximate surface area is 114 Å². The highest BCUT2D eigenvalue weighted by Gasteiger charge is 2.28. The van der Waals surface area contributed by atoms with Crippen molar-refractivity contribution >= 4 is 16.1 Å². The molecule has 19 heavy (non-hydrogen) atoms.